The van der Waals surface area contributed by atoms with Gasteiger partial charge in [-0.15, -0.1) is 0 Å². The maximum atomic E-state index is 14.6. The van der Waals surface area contributed by atoms with Crippen molar-refractivity contribution in [1.82, 2.24) is 9.55 Å². The van der Waals surface area contributed by atoms with Gasteiger partial charge in [-0.3, -0.25) is 4.79 Å². The molecule has 3 aliphatic rings. The van der Waals surface area contributed by atoms with E-state index in [4.69, 9.17) is 15.2 Å². The van der Waals surface area contributed by atoms with Crippen LogP contribution in [-0.2, 0) is 28.3 Å². The first kappa shape index (κ1) is 19.4. The zero-order valence-electron chi connectivity index (χ0n) is 17.5. The Morgan fingerprint density at radius 2 is 2.09 bits per heavy atom. The predicted molar refractivity (Wildman–Crippen MR) is 112 cm³/mol. The van der Waals surface area contributed by atoms with Gasteiger partial charge in [0.2, 0.25) is 0 Å². The average molecular weight is 437 g/mol. The SMILES string of the molecule is CC[C@@]1(O)C(=O)OCc2c1cc1n(c2=O)Cc2c-1nc1cc(F)c(C)c3c1c2[C@H](N)CO3. The Bertz CT molecular complexity index is 1450. The van der Waals surface area contributed by atoms with Crippen molar-refractivity contribution in [3.8, 4) is 17.1 Å². The van der Waals surface area contributed by atoms with Crippen molar-refractivity contribution in [3.63, 3.8) is 0 Å². The molecular formula is C23H20FN3O5. The summed E-state index contributed by atoms with van der Waals surface area (Å²) in [5, 5.41) is 11.7. The van der Waals surface area contributed by atoms with Gasteiger partial charge in [0.05, 0.1) is 35.1 Å². The fourth-order valence-electron chi connectivity index (χ4n) is 5.16. The molecule has 0 amide bonds. The number of fused-ring (bicyclic) bond motifs is 5. The topological polar surface area (TPSA) is 117 Å². The highest BCUT2D eigenvalue weighted by molar-refractivity contribution is 5.95. The van der Waals surface area contributed by atoms with Crippen LogP contribution in [0.15, 0.2) is 16.9 Å². The molecule has 6 rings (SSSR count). The van der Waals surface area contributed by atoms with Crippen LogP contribution < -0.4 is 16.0 Å². The number of hydrogen-bond acceptors (Lipinski definition) is 7. The van der Waals surface area contributed by atoms with E-state index in [1.807, 2.05) is 0 Å². The monoisotopic (exact) mass is 437 g/mol. The number of rotatable bonds is 1. The second kappa shape index (κ2) is 6.14. The molecular weight excluding hydrogens is 417 g/mol. The molecule has 3 aromatic rings. The molecule has 3 aliphatic heterocycles. The van der Waals surface area contributed by atoms with Crippen LogP contribution in [0.1, 0.15) is 47.2 Å². The van der Waals surface area contributed by atoms with E-state index < -0.39 is 23.4 Å². The van der Waals surface area contributed by atoms with Crippen molar-refractivity contribution in [1.29, 1.82) is 0 Å². The summed E-state index contributed by atoms with van der Waals surface area (Å²) in [6.07, 6.45) is 0.0566. The Hall–Kier alpha value is -3.30. The summed E-state index contributed by atoms with van der Waals surface area (Å²) in [6, 6.07) is 2.51. The van der Waals surface area contributed by atoms with Crippen LogP contribution in [0.25, 0.3) is 22.3 Å². The van der Waals surface area contributed by atoms with Gasteiger partial charge in [0, 0.05) is 28.1 Å². The number of carbonyl (C=O) groups is 1. The van der Waals surface area contributed by atoms with Crippen molar-refractivity contribution < 1.29 is 23.8 Å². The second-order valence-electron chi connectivity index (χ2n) is 8.58. The molecule has 0 saturated carbocycles. The summed E-state index contributed by atoms with van der Waals surface area (Å²) in [5.74, 6) is -0.794. The van der Waals surface area contributed by atoms with E-state index in [1.54, 1.807) is 24.5 Å². The lowest BCUT2D eigenvalue weighted by atomic mass is 9.86. The summed E-state index contributed by atoms with van der Waals surface area (Å²) in [4.78, 5) is 30.4. The number of aromatic nitrogens is 2. The average Bonchev–Trinajstić information content (AvgIpc) is 3.14. The summed E-state index contributed by atoms with van der Waals surface area (Å²) < 4.78 is 27.0. The van der Waals surface area contributed by atoms with Gasteiger partial charge in [-0.05, 0) is 25.0 Å². The number of halogens is 1. The van der Waals surface area contributed by atoms with E-state index in [0.29, 0.717) is 33.6 Å². The number of cyclic esters (lactones) is 1. The second-order valence-corrected chi connectivity index (χ2v) is 8.58. The van der Waals surface area contributed by atoms with Gasteiger partial charge in [0.1, 0.15) is 24.8 Å². The lowest BCUT2D eigenvalue weighted by Gasteiger charge is -2.31. The highest BCUT2D eigenvalue weighted by Gasteiger charge is 2.45. The predicted octanol–water partition coefficient (Wildman–Crippen LogP) is 1.92. The van der Waals surface area contributed by atoms with Crippen molar-refractivity contribution in [2.45, 2.75) is 45.1 Å². The molecule has 8 nitrogen and oxygen atoms in total. The number of nitrogens with zero attached hydrogens (tertiary/aromatic N) is 2. The van der Waals surface area contributed by atoms with Crippen molar-refractivity contribution in [2.24, 2.45) is 5.73 Å². The van der Waals surface area contributed by atoms with E-state index in [0.717, 1.165) is 11.1 Å². The van der Waals surface area contributed by atoms with Gasteiger partial charge in [-0.25, -0.2) is 14.2 Å². The molecule has 2 atom stereocenters. The number of ether oxygens (including phenoxy) is 2. The first-order chi connectivity index (χ1) is 15.3. The first-order valence-electron chi connectivity index (χ1n) is 10.5. The summed E-state index contributed by atoms with van der Waals surface area (Å²) in [7, 11) is 0. The minimum atomic E-state index is -1.91. The minimum Gasteiger partial charge on any atom is -0.491 e. The molecule has 32 heavy (non-hydrogen) atoms. The third kappa shape index (κ3) is 2.19. The third-order valence-electron chi connectivity index (χ3n) is 6.94. The van der Waals surface area contributed by atoms with Gasteiger partial charge < -0.3 is 24.9 Å². The number of carbonyl (C=O) groups excluding carboxylic acids is 1. The van der Waals surface area contributed by atoms with E-state index in [-0.39, 0.29) is 42.9 Å². The summed E-state index contributed by atoms with van der Waals surface area (Å²) >= 11 is 0. The molecule has 5 heterocycles. The standard InChI is InChI=1S/C23H20FN3O5/c1-3-23(30)12-4-16-19-10(6-27(16)21(28)11(12)7-32-22(23)29)17-14(25)8-31-20-9(2)13(24)5-15(26-19)18(17)20/h4-5,14,30H,3,6-8,25H2,1-2H3/t14-,23+/m1/s1. The molecule has 2 aromatic heterocycles. The molecule has 0 unspecified atom stereocenters. The van der Waals surface area contributed by atoms with Crippen LogP contribution in [0, 0.1) is 12.7 Å². The van der Waals surface area contributed by atoms with Crippen LogP contribution in [0.4, 0.5) is 4.39 Å². The van der Waals surface area contributed by atoms with Gasteiger partial charge in [0.25, 0.3) is 5.56 Å². The number of aliphatic hydroxyl groups is 1. The Morgan fingerprint density at radius 1 is 1.31 bits per heavy atom. The van der Waals surface area contributed by atoms with Gasteiger partial charge in [-0.2, -0.15) is 0 Å². The summed E-state index contributed by atoms with van der Waals surface area (Å²) in [6.45, 7) is 3.51. The van der Waals surface area contributed by atoms with Crippen LogP contribution in [-0.4, -0.2) is 27.2 Å². The zero-order valence-corrected chi connectivity index (χ0v) is 17.5. The minimum absolute atomic E-state index is 0.0566. The number of benzene rings is 1. The van der Waals surface area contributed by atoms with Gasteiger partial charge in [-0.1, -0.05) is 6.92 Å². The highest BCUT2D eigenvalue weighted by atomic mass is 19.1. The highest BCUT2D eigenvalue weighted by Crippen LogP contribution is 2.46. The molecule has 0 bridgehead atoms. The fourth-order valence-corrected chi connectivity index (χ4v) is 5.16. The fraction of sp³-hybridized carbons (Fsp3) is 0.348. The number of esters is 1. The molecule has 9 heteroatoms. The maximum Gasteiger partial charge on any atom is 0.343 e. The van der Waals surface area contributed by atoms with Crippen LogP contribution >= 0.6 is 0 Å². The smallest absolute Gasteiger partial charge is 0.343 e. The molecule has 164 valence electrons. The molecule has 0 fully saturated rings. The van der Waals surface area contributed by atoms with E-state index in [2.05, 4.69) is 4.98 Å². The number of hydrogen-bond donors (Lipinski definition) is 2. The Kier molecular flexibility index (Phi) is 3.72. The Labute approximate surface area is 181 Å². The molecule has 0 saturated heterocycles. The van der Waals surface area contributed by atoms with Gasteiger partial charge >= 0.3 is 5.97 Å². The van der Waals surface area contributed by atoms with Crippen LogP contribution in [0.5, 0.6) is 5.75 Å². The zero-order chi connectivity index (χ0) is 22.5. The van der Waals surface area contributed by atoms with Crippen LogP contribution in [0.2, 0.25) is 0 Å². The molecule has 0 radical (unpaired) electrons. The van der Waals surface area contributed by atoms with Gasteiger partial charge in [0.15, 0.2) is 5.60 Å². The lowest BCUT2D eigenvalue weighted by molar-refractivity contribution is -0.172. The maximum absolute atomic E-state index is 14.6. The van der Waals surface area contributed by atoms with Crippen molar-refractivity contribution in [3.05, 3.63) is 56.1 Å². The van der Waals surface area contributed by atoms with E-state index in [1.165, 1.54) is 6.07 Å². The van der Waals surface area contributed by atoms with Crippen molar-refractivity contribution in [2.75, 3.05) is 6.61 Å². The Morgan fingerprint density at radius 3 is 2.84 bits per heavy atom. The van der Waals surface area contributed by atoms with Crippen LogP contribution in [0.3, 0.4) is 0 Å². The van der Waals surface area contributed by atoms with E-state index >= 15 is 0 Å². The van der Waals surface area contributed by atoms with E-state index in [9.17, 15) is 19.1 Å². The first-order valence-corrected chi connectivity index (χ1v) is 10.5. The Balaban J connectivity index is 1.70. The number of nitrogens with two attached hydrogens (primary N) is 1. The molecule has 0 aliphatic carbocycles. The molecule has 0 spiro atoms. The summed E-state index contributed by atoms with van der Waals surface area (Å²) in [5.41, 5.74) is 7.92. The molecule has 3 N–H and O–H groups in total. The third-order valence-corrected chi connectivity index (χ3v) is 6.94. The normalized spacial score (nSPS) is 22.8. The largest absolute Gasteiger partial charge is 0.491 e. The van der Waals surface area contributed by atoms with Crippen molar-refractivity contribution >= 4 is 16.9 Å². The quantitative estimate of drug-likeness (QED) is 0.437. The number of pyridine rings is 2. The molecule has 1 aromatic carbocycles. The lowest BCUT2D eigenvalue weighted by Crippen LogP contribution is -2.44.